The average Bonchev–Trinajstić information content (AvgIpc) is 2.52. The van der Waals surface area contributed by atoms with Crippen molar-refractivity contribution < 1.29 is 4.79 Å². The third-order valence-corrected chi connectivity index (χ3v) is 3.83. The molecule has 21 heavy (non-hydrogen) atoms. The number of rotatable bonds is 6. The number of hydrogen-bond acceptors (Lipinski definition) is 5. The van der Waals surface area contributed by atoms with Crippen LogP contribution in [0.3, 0.4) is 0 Å². The number of carbonyl (C=O) groups excluding carboxylic acids is 1. The van der Waals surface area contributed by atoms with Gasteiger partial charge in [0.2, 0.25) is 0 Å². The van der Waals surface area contributed by atoms with Gasteiger partial charge in [0.05, 0.1) is 12.4 Å². The lowest BCUT2D eigenvalue weighted by Gasteiger charge is -2.28. The minimum atomic E-state index is -0.136. The summed E-state index contributed by atoms with van der Waals surface area (Å²) in [5.41, 5.74) is 0.380. The zero-order valence-electron chi connectivity index (χ0n) is 12.9. The van der Waals surface area contributed by atoms with Gasteiger partial charge in [-0.15, -0.1) is 0 Å². The van der Waals surface area contributed by atoms with E-state index in [4.69, 9.17) is 0 Å². The fourth-order valence-electron chi connectivity index (χ4n) is 2.38. The molecule has 1 aliphatic rings. The Balaban J connectivity index is 1.77. The molecule has 1 saturated heterocycles. The largest absolute Gasteiger partial charge is 0.369 e. The van der Waals surface area contributed by atoms with E-state index in [0.717, 1.165) is 45.4 Å². The average molecular weight is 291 g/mol. The number of nitrogens with zero attached hydrogens (tertiary/aromatic N) is 3. The molecule has 0 unspecified atom stereocenters. The Bertz CT molecular complexity index is 440. The molecule has 0 spiro atoms. The second-order valence-corrected chi connectivity index (χ2v) is 5.67. The minimum absolute atomic E-state index is 0.136. The van der Waals surface area contributed by atoms with Gasteiger partial charge in [0.15, 0.2) is 0 Å². The van der Waals surface area contributed by atoms with E-state index in [1.54, 1.807) is 6.20 Å². The van der Waals surface area contributed by atoms with E-state index >= 15 is 0 Å². The molecule has 116 valence electrons. The highest BCUT2D eigenvalue weighted by atomic mass is 16.1. The molecular weight excluding hydrogens is 266 g/mol. The van der Waals surface area contributed by atoms with E-state index in [2.05, 4.69) is 39.5 Å². The van der Waals surface area contributed by atoms with Gasteiger partial charge in [-0.3, -0.25) is 4.79 Å². The normalized spacial score (nSPS) is 16.7. The van der Waals surface area contributed by atoms with Crippen molar-refractivity contribution in [1.29, 1.82) is 0 Å². The van der Waals surface area contributed by atoms with Crippen LogP contribution >= 0.6 is 0 Å². The Morgan fingerprint density at radius 1 is 1.33 bits per heavy atom. The Morgan fingerprint density at radius 3 is 2.71 bits per heavy atom. The summed E-state index contributed by atoms with van der Waals surface area (Å²) in [5, 5.41) is 6.10. The maximum absolute atomic E-state index is 12.0. The molecule has 0 radical (unpaired) electrons. The molecule has 1 aliphatic heterocycles. The van der Waals surface area contributed by atoms with Gasteiger partial charge < -0.3 is 15.5 Å². The van der Waals surface area contributed by atoms with Crippen LogP contribution in [0.15, 0.2) is 12.4 Å². The lowest BCUT2D eigenvalue weighted by atomic mass is 9.97. The molecule has 1 aromatic heterocycles. The molecule has 6 heteroatoms. The van der Waals surface area contributed by atoms with Crippen LogP contribution in [-0.2, 0) is 0 Å². The standard InChI is InChI=1S/C15H25N5O/c1-3-6-16-14-11-17-13(10-18-14)15(21)19-9-12-4-7-20(2)8-5-12/h10-12H,3-9H2,1-2H3,(H,16,18)(H,19,21). The van der Waals surface area contributed by atoms with Crippen molar-refractivity contribution in [3.8, 4) is 0 Å². The fourth-order valence-corrected chi connectivity index (χ4v) is 2.38. The number of nitrogens with one attached hydrogen (secondary N) is 2. The number of likely N-dealkylation sites (tertiary alicyclic amines) is 1. The van der Waals surface area contributed by atoms with Crippen molar-refractivity contribution in [1.82, 2.24) is 20.2 Å². The summed E-state index contributed by atoms with van der Waals surface area (Å²) in [7, 11) is 2.14. The summed E-state index contributed by atoms with van der Waals surface area (Å²) in [6.07, 6.45) is 6.45. The molecule has 0 bridgehead atoms. The Kier molecular flexibility index (Phi) is 5.92. The first-order chi connectivity index (χ1) is 10.2. The molecule has 2 N–H and O–H groups in total. The van der Waals surface area contributed by atoms with Crippen molar-refractivity contribution in [2.24, 2.45) is 5.92 Å². The van der Waals surface area contributed by atoms with E-state index in [9.17, 15) is 4.79 Å². The highest BCUT2D eigenvalue weighted by Gasteiger charge is 2.17. The summed E-state index contributed by atoms with van der Waals surface area (Å²) in [6, 6.07) is 0. The monoisotopic (exact) mass is 291 g/mol. The Hall–Kier alpha value is -1.69. The number of anilines is 1. The zero-order valence-corrected chi connectivity index (χ0v) is 12.9. The summed E-state index contributed by atoms with van der Waals surface area (Å²) >= 11 is 0. The van der Waals surface area contributed by atoms with E-state index in [-0.39, 0.29) is 5.91 Å². The summed E-state index contributed by atoms with van der Waals surface area (Å²) < 4.78 is 0. The van der Waals surface area contributed by atoms with Crippen LogP contribution in [0, 0.1) is 5.92 Å². The molecule has 2 rings (SSSR count). The number of piperidine rings is 1. The second-order valence-electron chi connectivity index (χ2n) is 5.67. The van der Waals surface area contributed by atoms with Crippen molar-refractivity contribution in [3.63, 3.8) is 0 Å². The van der Waals surface area contributed by atoms with E-state index in [0.29, 0.717) is 17.4 Å². The van der Waals surface area contributed by atoms with Gasteiger partial charge >= 0.3 is 0 Å². The Morgan fingerprint density at radius 2 is 2.10 bits per heavy atom. The topological polar surface area (TPSA) is 70.2 Å². The van der Waals surface area contributed by atoms with E-state index in [1.807, 2.05) is 0 Å². The van der Waals surface area contributed by atoms with Gasteiger partial charge in [0.25, 0.3) is 5.91 Å². The number of hydrogen-bond donors (Lipinski definition) is 2. The lowest BCUT2D eigenvalue weighted by molar-refractivity contribution is 0.0933. The van der Waals surface area contributed by atoms with Crippen LogP contribution in [0.25, 0.3) is 0 Å². The molecule has 0 atom stereocenters. The van der Waals surface area contributed by atoms with Gasteiger partial charge in [0, 0.05) is 13.1 Å². The van der Waals surface area contributed by atoms with Gasteiger partial charge in [0.1, 0.15) is 11.5 Å². The lowest BCUT2D eigenvalue weighted by Crippen LogP contribution is -2.37. The van der Waals surface area contributed by atoms with Gasteiger partial charge in [-0.1, -0.05) is 6.92 Å². The first-order valence-corrected chi connectivity index (χ1v) is 7.71. The molecular formula is C15H25N5O. The minimum Gasteiger partial charge on any atom is -0.369 e. The number of carbonyl (C=O) groups is 1. The first kappa shape index (κ1) is 15.7. The van der Waals surface area contributed by atoms with Gasteiger partial charge in [-0.05, 0) is 45.3 Å². The van der Waals surface area contributed by atoms with Crippen LogP contribution in [0.2, 0.25) is 0 Å². The third kappa shape index (κ3) is 4.97. The predicted octanol–water partition coefficient (Wildman–Crippen LogP) is 1.37. The fraction of sp³-hybridized carbons (Fsp3) is 0.667. The SMILES string of the molecule is CCCNc1cnc(C(=O)NCC2CCN(C)CC2)cn1. The zero-order chi connectivity index (χ0) is 15.1. The van der Waals surface area contributed by atoms with Crippen LogP contribution in [-0.4, -0.2) is 54.0 Å². The molecule has 1 fully saturated rings. The molecule has 2 heterocycles. The molecule has 1 amide bonds. The molecule has 0 aliphatic carbocycles. The molecule has 1 aromatic rings. The van der Waals surface area contributed by atoms with Crippen molar-refractivity contribution >= 4 is 11.7 Å². The number of amides is 1. The van der Waals surface area contributed by atoms with E-state index in [1.165, 1.54) is 6.20 Å². The van der Waals surface area contributed by atoms with Crippen LogP contribution in [0.4, 0.5) is 5.82 Å². The summed E-state index contributed by atoms with van der Waals surface area (Å²) in [4.78, 5) is 22.7. The van der Waals surface area contributed by atoms with Crippen LogP contribution < -0.4 is 10.6 Å². The Labute approximate surface area is 126 Å². The van der Waals surface area contributed by atoms with Crippen molar-refractivity contribution in [3.05, 3.63) is 18.1 Å². The van der Waals surface area contributed by atoms with Crippen LogP contribution in [0.1, 0.15) is 36.7 Å². The van der Waals surface area contributed by atoms with Crippen LogP contribution in [0.5, 0.6) is 0 Å². The molecule has 0 aromatic carbocycles. The van der Waals surface area contributed by atoms with Crippen molar-refractivity contribution in [2.75, 3.05) is 38.5 Å². The summed E-state index contributed by atoms with van der Waals surface area (Å²) in [6.45, 7) is 5.89. The van der Waals surface area contributed by atoms with E-state index < -0.39 is 0 Å². The number of aromatic nitrogens is 2. The third-order valence-electron chi connectivity index (χ3n) is 3.83. The van der Waals surface area contributed by atoms with Crippen molar-refractivity contribution in [2.45, 2.75) is 26.2 Å². The highest BCUT2D eigenvalue weighted by molar-refractivity contribution is 5.91. The predicted molar refractivity (Wildman–Crippen MR) is 83.4 cm³/mol. The summed E-state index contributed by atoms with van der Waals surface area (Å²) in [5.74, 6) is 1.15. The molecule has 6 nitrogen and oxygen atoms in total. The van der Waals surface area contributed by atoms with Gasteiger partial charge in [-0.2, -0.15) is 0 Å². The first-order valence-electron chi connectivity index (χ1n) is 7.71. The smallest absolute Gasteiger partial charge is 0.271 e. The highest BCUT2D eigenvalue weighted by Crippen LogP contribution is 2.14. The molecule has 0 saturated carbocycles. The quantitative estimate of drug-likeness (QED) is 0.828. The van der Waals surface area contributed by atoms with Gasteiger partial charge in [-0.25, -0.2) is 9.97 Å². The second kappa shape index (κ2) is 7.93. The maximum atomic E-state index is 12.0. The maximum Gasteiger partial charge on any atom is 0.271 e.